The molecule has 1 N–H and O–H groups in total. The minimum Gasteiger partial charge on any atom is -0.481 e. The van der Waals surface area contributed by atoms with Crippen molar-refractivity contribution >= 4 is 16.1 Å². The minimum absolute atomic E-state index is 0.106. The van der Waals surface area contributed by atoms with Crippen molar-refractivity contribution in [1.29, 1.82) is 0 Å². The molecule has 0 unspecified atom stereocenters. The molecular weight excluding hydrogens is 351 g/mol. The monoisotopic (exact) mass is 362 g/mol. The predicted molar refractivity (Wildman–Crippen MR) is 66.8 cm³/mol. The van der Waals surface area contributed by atoms with E-state index < -0.39 is 56.7 Å². The lowest BCUT2D eigenvalue weighted by Gasteiger charge is -2.10. The molecule has 5 nitrogen and oxygen atoms in total. The molecule has 0 bridgehead atoms. The van der Waals surface area contributed by atoms with Gasteiger partial charge >= 0.3 is 16.1 Å². The zero-order chi connectivity index (χ0) is 17.8. The summed E-state index contributed by atoms with van der Waals surface area (Å²) in [7, 11) is -4.61. The number of unbranched alkanes of at least 4 members (excludes halogenated alkanes) is 2. The zero-order valence-corrected chi connectivity index (χ0v) is 12.2. The van der Waals surface area contributed by atoms with Crippen molar-refractivity contribution in [3.8, 4) is 5.75 Å². The molecule has 23 heavy (non-hydrogen) atoms. The first-order valence-electron chi connectivity index (χ1n) is 6.22. The second-order valence-corrected chi connectivity index (χ2v) is 6.14. The number of carboxylic acids is 1. The highest BCUT2D eigenvalue weighted by atomic mass is 32.2. The highest BCUT2D eigenvalue weighted by Crippen LogP contribution is 2.30. The molecule has 1 rings (SSSR count). The summed E-state index contributed by atoms with van der Waals surface area (Å²) in [4.78, 5) is 10.2. The third kappa shape index (κ3) is 5.05. The van der Waals surface area contributed by atoms with Gasteiger partial charge in [-0.15, -0.1) is 0 Å². The summed E-state index contributed by atoms with van der Waals surface area (Å²) in [5.74, 6) is -15.6. The summed E-state index contributed by atoms with van der Waals surface area (Å²) >= 11 is 0. The summed E-state index contributed by atoms with van der Waals surface area (Å²) in [6.45, 7) is 0. The van der Waals surface area contributed by atoms with E-state index in [0.717, 1.165) is 0 Å². The Kier molecular flexibility index (Phi) is 6.30. The van der Waals surface area contributed by atoms with Gasteiger partial charge in [0.15, 0.2) is 0 Å². The van der Waals surface area contributed by atoms with Gasteiger partial charge < -0.3 is 9.29 Å². The van der Waals surface area contributed by atoms with Crippen LogP contribution in [-0.4, -0.2) is 25.2 Å². The standard InChI is InChI=1S/C12H11F5O5S/c13-7-8(14)10(16)12(11(17)9(7)15)22-23(20,21)5-3-1-2-4-6(18)19/h1-5H2,(H,18,19). The number of carbonyl (C=O) groups is 1. The number of benzene rings is 1. The molecule has 0 spiro atoms. The number of hydrogen-bond acceptors (Lipinski definition) is 4. The van der Waals surface area contributed by atoms with Gasteiger partial charge in [-0.1, -0.05) is 6.42 Å². The van der Waals surface area contributed by atoms with Crippen molar-refractivity contribution in [2.45, 2.75) is 25.7 Å². The van der Waals surface area contributed by atoms with Gasteiger partial charge in [-0.05, 0) is 12.8 Å². The summed E-state index contributed by atoms with van der Waals surface area (Å²) in [5.41, 5.74) is 0. The van der Waals surface area contributed by atoms with Crippen LogP contribution in [0, 0.1) is 29.1 Å². The fourth-order valence-electron chi connectivity index (χ4n) is 1.56. The Morgan fingerprint density at radius 3 is 1.83 bits per heavy atom. The van der Waals surface area contributed by atoms with Crippen molar-refractivity contribution in [2.75, 3.05) is 5.75 Å². The molecule has 0 heterocycles. The first kappa shape index (κ1) is 19.1. The van der Waals surface area contributed by atoms with E-state index in [4.69, 9.17) is 5.11 Å². The molecule has 0 saturated heterocycles. The lowest BCUT2D eigenvalue weighted by Crippen LogP contribution is -2.17. The molecule has 0 amide bonds. The highest BCUT2D eigenvalue weighted by Gasteiger charge is 2.30. The first-order valence-corrected chi connectivity index (χ1v) is 7.80. The Hall–Kier alpha value is -1.91. The fourth-order valence-corrected chi connectivity index (χ4v) is 2.60. The second kappa shape index (κ2) is 7.57. The maximum Gasteiger partial charge on any atom is 0.309 e. The van der Waals surface area contributed by atoms with E-state index in [1.165, 1.54) is 0 Å². The Morgan fingerprint density at radius 2 is 1.35 bits per heavy atom. The van der Waals surface area contributed by atoms with Crippen molar-refractivity contribution in [2.24, 2.45) is 0 Å². The van der Waals surface area contributed by atoms with Gasteiger partial charge in [-0.25, -0.2) is 13.2 Å². The van der Waals surface area contributed by atoms with Crippen LogP contribution in [0.4, 0.5) is 22.0 Å². The van der Waals surface area contributed by atoms with E-state index in [-0.39, 0.29) is 25.7 Å². The molecular formula is C12H11F5O5S. The van der Waals surface area contributed by atoms with Crippen LogP contribution in [0.5, 0.6) is 5.75 Å². The van der Waals surface area contributed by atoms with Crippen LogP contribution in [0.1, 0.15) is 25.7 Å². The third-order valence-electron chi connectivity index (χ3n) is 2.66. The van der Waals surface area contributed by atoms with E-state index in [1.54, 1.807) is 0 Å². The normalized spacial score (nSPS) is 11.5. The van der Waals surface area contributed by atoms with Crippen molar-refractivity contribution in [1.82, 2.24) is 0 Å². The molecule has 1 aromatic carbocycles. The third-order valence-corrected chi connectivity index (χ3v) is 3.87. The topological polar surface area (TPSA) is 80.7 Å². The molecule has 0 saturated carbocycles. The van der Waals surface area contributed by atoms with Crippen LogP contribution in [0.2, 0.25) is 0 Å². The van der Waals surface area contributed by atoms with Gasteiger partial charge in [0, 0.05) is 6.42 Å². The Balaban J connectivity index is 2.81. The summed E-state index contributed by atoms with van der Waals surface area (Å²) in [6, 6.07) is 0. The molecule has 130 valence electrons. The SMILES string of the molecule is O=C(O)CCCCCS(=O)(=O)Oc1c(F)c(F)c(F)c(F)c1F. The van der Waals surface area contributed by atoms with Crippen LogP contribution in [0.15, 0.2) is 0 Å². The maximum absolute atomic E-state index is 13.3. The van der Waals surface area contributed by atoms with Gasteiger partial charge in [0.05, 0.1) is 5.75 Å². The molecule has 0 aromatic heterocycles. The van der Waals surface area contributed by atoms with E-state index >= 15 is 0 Å². The van der Waals surface area contributed by atoms with Gasteiger partial charge in [-0.3, -0.25) is 4.79 Å². The van der Waals surface area contributed by atoms with Crippen LogP contribution in [0.25, 0.3) is 0 Å². The molecule has 0 aliphatic carbocycles. The van der Waals surface area contributed by atoms with Crippen LogP contribution < -0.4 is 4.18 Å². The summed E-state index contributed by atoms with van der Waals surface area (Å²) < 4.78 is 92.2. The summed E-state index contributed by atoms with van der Waals surface area (Å²) in [5, 5.41) is 8.38. The van der Waals surface area contributed by atoms with Gasteiger partial charge in [-0.2, -0.15) is 17.2 Å². The highest BCUT2D eigenvalue weighted by molar-refractivity contribution is 7.87. The van der Waals surface area contributed by atoms with Gasteiger partial charge in [0.25, 0.3) is 0 Å². The predicted octanol–water partition coefficient (Wildman–Crippen LogP) is 2.74. The Labute approximate surface area is 127 Å². The van der Waals surface area contributed by atoms with E-state index in [0.29, 0.717) is 0 Å². The maximum atomic E-state index is 13.3. The Bertz CT molecular complexity index is 675. The first-order chi connectivity index (χ1) is 10.6. The molecule has 11 heteroatoms. The lowest BCUT2D eigenvalue weighted by atomic mass is 10.2. The average molecular weight is 362 g/mol. The number of carboxylic acid groups (broad SMARTS) is 1. The summed E-state index contributed by atoms with van der Waals surface area (Å²) in [6.07, 6.45) is 0.0168. The molecule has 0 atom stereocenters. The number of rotatable bonds is 8. The van der Waals surface area contributed by atoms with Crippen molar-refractivity contribution < 1.29 is 44.5 Å². The molecule has 0 fully saturated rings. The van der Waals surface area contributed by atoms with E-state index in [9.17, 15) is 35.2 Å². The van der Waals surface area contributed by atoms with Crippen LogP contribution in [0.3, 0.4) is 0 Å². The largest absolute Gasteiger partial charge is 0.481 e. The van der Waals surface area contributed by atoms with Crippen molar-refractivity contribution in [3.63, 3.8) is 0 Å². The second-order valence-electron chi connectivity index (χ2n) is 4.45. The number of aliphatic carboxylic acids is 1. The van der Waals surface area contributed by atoms with Gasteiger partial charge in [0.1, 0.15) is 0 Å². The smallest absolute Gasteiger partial charge is 0.309 e. The van der Waals surface area contributed by atoms with E-state index in [2.05, 4.69) is 4.18 Å². The van der Waals surface area contributed by atoms with E-state index in [1.807, 2.05) is 0 Å². The lowest BCUT2D eigenvalue weighted by molar-refractivity contribution is -0.137. The molecule has 0 radical (unpaired) electrons. The Morgan fingerprint density at radius 1 is 0.870 bits per heavy atom. The molecule has 0 aliphatic heterocycles. The zero-order valence-electron chi connectivity index (χ0n) is 11.4. The number of halogens is 5. The van der Waals surface area contributed by atoms with Crippen molar-refractivity contribution in [3.05, 3.63) is 29.1 Å². The van der Waals surface area contributed by atoms with Crippen LogP contribution >= 0.6 is 0 Å². The minimum atomic E-state index is -4.61. The molecule has 1 aromatic rings. The number of hydrogen-bond donors (Lipinski definition) is 1. The quantitative estimate of drug-likeness (QED) is 0.253. The van der Waals surface area contributed by atoms with Crippen LogP contribution in [-0.2, 0) is 14.9 Å². The average Bonchev–Trinajstić information content (AvgIpc) is 2.47. The van der Waals surface area contributed by atoms with Gasteiger partial charge in [0.2, 0.25) is 34.8 Å². The fraction of sp³-hybridized carbons (Fsp3) is 0.417. The molecule has 0 aliphatic rings.